The Bertz CT molecular complexity index is 351. The molecule has 0 spiro atoms. The molecule has 1 aromatic rings. The molecule has 1 saturated heterocycles. The van der Waals surface area contributed by atoms with Crippen molar-refractivity contribution in [3.05, 3.63) is 28.2 Å². The van der Waals surface area contributed by atoms with Crippen LogP contribution in [-0.4, -0.2) is 19.2 Å². The molecule has 0 aromatic heterocycles. The van der Waals surface area contributed by atoms with E-state index in [9.17, 15) is 0 Å². The van der Waals surface area contributed by atoms with Crippen LogP contribution in [-0.2, 0) is 0 Å². The average Bonchev–Trinajstić information content (AvgIpc) is 2.76. The summed E-state index contributed by atoms with van der Waals surface area (Å²) in [6.45, 7) is 1.85. The molecule has 1 fully saturated rings. The summed E-state index contributed by atoms with van der Waals surface area (Å²) in [5, 5.41) is 4.54. The van der Waals surface area contributed by atoms with Gasteiger partial charge in [-0.05, 0) is 37.9 Å². The highest BCUT2D eigenvalue weighted by Crippen LogP contribution is 2.26. The smallest absolute Gasteiger partial charge is 0.120 e. The summed E-state index contributed by atoms with van der Waals surface area (Å²) in [6, 6.07) is 5.97. The zero-order valence-corrected chi connectivity index (χ0v) is 10.5. The first-order valence-corrected chi connectivity index (χ1v) is 6.32. The molecule has 0 amide bonds. The van der Waals surface area contributed by atoms with Crippen molar-refractivity contribution in [3.8, 4) is 5.75 Å². The molecule has 1 aliphatic rings. The monoisotopic (exact) mass is 259 g/mol. The minimum Gasteiger partial charge on any atom is -0.493 e. The maximum atomic E-state index is 5.90. The van der Waals surface area contributed by atoms with Crippen LogP contribution in [0, 0.1) is 0 Å². The van der Waals surface area contributed by atoms with E-state index in [1.165, 1.54) is 12.8 Å². The van der Waals surface area contributed by atoms with Crippen LogP contribution in [0.2, 0.25) is 10.0 Å². The summed E-state index contributed by atoms with van der Waals surface area (Å²) in [5.41, 5.74) is 0. The van der Waals surface area contributed by atoms with E-state index in [1.54, 1.807) is 12.1 Å². The third-order valence-corrected chi connectivity index (χ3v) is 3.53. The number of ether oxygens (including phenoxy) is 1. The summed E-state index contributed by atoms with van der Waals surface area (Å²) in [5.74, 6) is 0.785. The third-order valence-electron chi connectivity index (χ3n) is 2.79. The first-order chi connectivity index (χ1) is 7.75. The zero-order chi connectivity index (χ0) is 11.4. The first-order valence-electron chi connectivity index (χ1n) is 5.57. The van der Waals surface area contributed by atoms with E-state index in [2.05, 4.69) is 5.32 Å². The molecule has 0 saturated carbocycles. The van der Waals surface area contributed by atoms with Gasteiger partial charge in [0.1, 0.15) is 5.75 Å². The van der Waals surface area contributed by atoms with E-state index >= 15 is 0 Å². The van der Waals surface area contributed by atoms with E-state index in [4.69, 9.17) is 27.9 Å². The van der Waals surface area contributed by atoms with E-state index in [0.717, 1.165) is 25.3 Å². The molecule has 16 heavy (non-hydrogen) atoms. The largest absolute Gasteiger partial charge is 0.493 e. The van der Waals surface area contributed by atoms with Crippen molar-refractivity contribution >= 4 is 23.2 Å². The Hall–Kier alpha value is -0.440. The standard InChI is InChI=1S/C12H15Cl2NO/c13-11-4-3-10(8-12(11)14)16-7-5-9-2-1-6-15-9/h3-4,8-9,15H,1-2,5-7H2. The molecule has 1 heterocycles. The summed E-state index contributed by atoms with van der Waals surface area (Å²) < 4.78 is 5.62. The highest BCUT2D eigenvalue weighted by molar-refractivity contribution is 6.42. The SMILES string of the molecule is Clc1ccc(OCCC2CCCN2)cc1Cl. The molecular formula is C12H15Cl2NO. The minimum absolute atomic E-state index is 0.540. The van der Waals surface area contributed by atoms with Crippen molar-refractivity contribution in [2.24, 2.45) is 0 Å². The van der Waals surface area contributed by atoms with Crippen molar-refractivity contribution in [1.82, 2.24) is 5.32 Å². The fourth-order valence-electron chi connectivity index (χ4n) is 1.89. The van der Waals surface area contributed by atoms with Crippen LogP contribution in [0.5, 0.6) is 5.75 Å². The minimum atomic E-state index is 0.540. The van der Waals surface area contributed by atoms with Crippen LogP contribution >= 0.6 is 23.2 Å². The predicted octanol–water partition coefficient (Wildman–Crippen LogP) is 3.51. The molecule has 1 atom stereocenters. The Labute approximate surface area is 106 Å². The van der Waals surface area contributed by atoms with Gasteiger partial charge in [-0.3, -0.25) is 0 Å². The number of rotatable bonds is 4. The van der Waals surface area contributed by atoms with Gasteiger partial charge in [-0.1, -0.05) is 23.2 Å². The number of benzene rings is 1. The van der Waals surface area contributed by atoms with Gasteiger partial charge in [-0.25, -0.2) is 0 Å². The lowest BCUT2D eigenvalue weighted by molar-refractivity contribution is 0.292. The van der Waals surface area contributed by atoms with E-state index < -0.39 is 0 Å². The maximum Gasteiger partial charge on any atom is 0.120 e. The Morgan fingerprint density at radius 2 is 2.19 bits per heavy atom. The quantitative estimate of drug-likeness (QED) is 0.894. The Morgan fingerprint density at radius 3 is 2.88 bits per heavy atom. The van der Waals surface area contributed by atoms with Gasteiger partial charge in [-0.15, -0.1) is 0 Å². The first kappa shape index (κ1) is 12.0. The topological polar surface area (TPSA) is 21.3 Å². The van der Waals surface area contributed by atoms with Gasteiger partial charge in [0.25, 0.3) is 0 Å². The zero-order valence-electron chi connectivity index (χ0n) is 9.01. The lowest BCUT2D eigenvalue weighted by atomic mass is 10.2. The summed E-state index contributed by atoms with van der Waals surface area (Å²) in [6.07, 6.45) is 3.57. The second-order valence-electron chi connectivity index (χ2n) is 4.01. The van der Waals surface area contributed by atoms with Gasteiger partial charge < -0.3 is 10.1 Å². The maximum absolute atomic E-state index is 5.90. The van der Waals surface area contributed by atoms with Crippen LogP contribution in [0.25, 0.3) is 0 Å². The van der Waals surface area contributed by atoms with Crippen LogP contribution in [0.15, 0.2) is 18.2 Å². The van der Waals surface area contributed by atoms with Gasteiger partial charge in [0.05, 0.1) is 16.7 Å². The molecule has 1 unspecified atom stereocenters. The molecule has 1 aliphatic heterocycles. The van der Waals surface area contributed by atoms with Crippen LogP contribution in [0.1, 0.15) is 19.3 Å². The molecule has 4 heteroatoms. The van der Waals surface area contributed by atoms with Crippen LogP contribution in [0.4, 0.5) is 0 Å². The van der Waals surface area contributed by atoms with E-state index in [-0.39, 0.29) is 0 Å². The number of hydrogen-bond donors (Lipinski definition) is 1. The molecule has 0 radical (unpaired) electrons. The van der Waals surface area contributed by atoms with Gasteiger partial charge in [0.2, 0.25) is 0 Å². The molecule has 1 N–H and O–H groups in total. The highest BCUT2D eigenvalue weighted by atomic mass is 35.5. The Balaban J connectivity index is 1.78. The normalized spacial score (nSPS) is 20.0. The van der Waals surface area contributed by atoms with E-state index in [0.29, 0.717) is 16.1 Å². The van der Waals surface area contributed by atoms with E-state index in [1.807, 2.05) is 6.07 Å². The van der Waals surface area contributed by atoms with Crippen molar-refractivity contribution in [1.29, 1.82) is 0 Å². The van der Waals surface area contributed by atoms with Gasteiger partial charge >= 0.3 is 0 Å². The highest BCUT2D eigenvalue weighted by Gasteiger charge is 2.13. The van der Waals surface area contributed by atoms with Gasteiger partial charge in [-0.2, -0.15) is 0 Å². The van der Waals surface area contributed by atoms with Crippen LogP contribution < -0.4 is 10.1 Å². The fourth-order valence-corrected chi connectivity index (χ4v) is 2.18. The second kappa shape index (κ2) is 5.76. The molecule has 88 valence electrons. The van der Waals surface area contributed by atoms with Crippen molar-refractivity contribution in [3.63, 3.8) is 0 Å². The molecular weight excluding hydrogens is 245 g/mol. The third kappa shape index (κ3) is 3.27. The number of hydrogen-bond acceptors (Lipinski definition) is 2. The summed E-state index contributed by atoms with van der Waals surface area (Å²) >= 11 is 11.7. The summed E-state index contributed by atoms with van der Waals surface area (Å²) in [4.78, 5) is 0. The molecule has 2 rings (SSSR count). The predicted molar refractivity (Wildman–Crippen MR) is 67.6 cm³/mol. The van der Waals surface area contributed by atoms with Gasteiger partial charge in [0.15, 0.2) is 0 Å². The fraction of sp³-hybridized carbons (Fsp3) is 0.500. The Kier molecular flexibility index (Phi) is 4.33. The lowest BCUT2D eigenvalue weighted by Crippen LogP contribution is -2.23. The number of halogens is 2. The van der Waals surface area contributed by atoms with Crippen molar-refractivity contribution in [2.75, 3.05) is 13.2 Å². The van der Waals surface area contributed by atoms with Crippen LogP contribution in [0.3, 0.4) is 0 Å². The van der Waals surface area contributed by atoms with Crippen molar-refractivity contribution < 1.29 is 4.74 Å². The van der Waals surface area contributed by atoms with Crippen molar-refractivity contribution in [2.45, 2.75) is 25.3 Å². The molecule has 0 bridgehead atoms. The second-order valence-corrected chi connectivity index (χ2v) is 4.82. The molecule has 2 nitrogen and oxygen atoms in total. The summed E-state index contributed by atoms with van der Waals surface area (Å²) in [7, 11) is 0. The van der Waals surface area contributed by atoms with Gasteiger partial charge in [0, 0.05) is 12.1 Å². The Morgan fingerprint density at radius 1 is 1.31 bits per heavy atom. The average molecular weight is 260 g/mol. The number of nitrogens with one attached hydrogen (secondary N) is 1. The molecule has 1 aromatic carbocycles. The lowest BCUT2D eigenvalue weighted by Gasteiger charge is -2.11. The molecule has 0 aliphatic carbocycles.